The molecule has 0 aromatic heterocycles. The van der Waals surface area contributed by atoms with Crippen LogP contribution in [0.25, 0.3) is 0 Å². The molecule has 2 aromatic carbocycles. The lowest BCUT2D eigenvalue weighted by molar-refractivity contribution is -0.271. The van der Waals surface area contributed by atoms with Crippen LogP contribution in [0.3, 0.4) is 0 Å². The predicted molar refractivity (Wildman–Crippen MR) is 105 cm³/mol. The normalized spacial score (nSPS) is 27.0. The van der Waals surface area contributed by atoms with E-state index in [0.717, 1.165) is 5.57 Å². The summed E-state index contributed by atoms with van der Waals surface area (Å²) >= 11 is 6.16. The first kappa shape index (κ1) is 18.5. The number of rotatable bonds is 3. The fraction of sp³-hybridized carbons (Fsp3) is 0.318. The number of benzene rings is 2. The Morgan fingerprint density at radius 3 is 2.66 bits per heavy atom. The fourth-order valence-electron chi connectivity index (χ4n) is 4.26. The van der Waals surface area contributed by atoms with Gasteiger partial charge >= 0.3 is 0 Å². The summed E-state index contributed by atoms with van der Waals surface area (Å²) in [6.07, 6.45) is 1.87. The molecule has 3 aliphatic heterocycles. The second kappa shape index (κ2) is 6.49. The SMILES string of the molecule is CCOC1(c2ccc3c(c2)OCO3)Oc2ccc(Cl)cc2C(=O)C12OCC=C2C. The molecule has 3 heterocycles. The third-order valence-corrected chi connectivity index (χ3v) is 5.80. The average molecular weight is 415 g/mol. The predicted octanol–water partition coefficient (Wildman–Crippen LogP) is 4.25. The van der Waals surface area contributed by atoms with Crippen LogP contribution in [0.15, 0.2) is 48.0 Å². The summed E-state index contributed by atoms with van der Waals surface area (Å²) in [5.41, 5.74) is 0.212. The highest BCUT2D eigenvalue weighted by Crippen LogP contribution is 2.54. The average Bonchev–Trinajstić information content (AvgIpc) is 3.34. The topological polar surface area (TPSA) is 63.2 Å². The van der Waals surface area contributed by atoms with Crippen LogP contribution in [0.1, 0.15) is 29.8 Å². The molecule has 2 atom stereocenters. The van der Waals surface area contributed by atoms with Crippen LogP contribution in [0, 0.1) is 0 Å². The van der Waals surface area contributed by atoms with E-state index in [-0.39, 0.29) is 19.2 Å². The Morgan fingerprint density at radius 2 is 1.90 bits per heavy atom. The van der Waals surface area contributed by atoms with Crippen molar-refractivity contribution in [3.05, 3.63) is 64.2 Å². The van der Waals surface area contributed by atoms with Crippen LogP contribution >= 0.6 is 11.6 Å². The van der Waals surface area contributed by atoms with E-state index in [1.54, 1.807) is 30.3 Å². The maximum atomic E-state index is 13.9. The van der Waals surface area contributed by atoms with Gasteiger partial charge in [-0.05, 0) is 55.8 Å². The Bertz CT molecular complexity index is 1050. The number of carbonyl (C=O) groups excluding carboxylic acids is 1. The molecule has 3 aliphatic rings. The molecule has 6 nitrogen and oxygen atoms in total. The minimum atomic E-state index is -1.53. The second-order valence-corrected chi connectivity index (χ2v) is 7.51. The number of carbonyl (C=O) groups is 1. The molecular weight excluding hydrogens is 396 g/mol. The number of Topliss-reactive ketones (excluding diaryl/α,β-unsaturated/α-hetero) is 1. The van der Waals surface area contributed by atoms with Gasteiger partial charge in [0.15, 0.2) is 11.5 Å². The molecule has 1 spiro atoms. The maximum Gasteiger partial charge on any atom is 0.278 e. The van der Waals surface area contributed by atoms with Gasteiger partial charge in [-0.3, -0.25) is 4.79 Å². The lowest BCUT2D eigenvalue weighted by Gasteiger charge is -2.49. The van der Waals surface area contributed by atoms with Crippen LogP contribution in [0.2, 0.25) is 5.02 Å². The van der Waals surface area contributed by atoms with E-state index in [0.29, 0.717) is 40.0 Å². The van der Waals surface area contributed by atoms with Crippen molar-refractivity contribution in [3.63, 3.8) is 0 Å². The van der Waals surface area contributed by atoms with Gasteiger partial charge in [-0.2, -0.15) is 0 Å². The Labute approximate surface area is 172 Å². The summed E-state index contributed by atoms with van der Waals surface area (Å²) < 4.78 is 29.8. The molecule has 2 aromatic rings. The zero-order valence-electron chi connectivity index (χ0n) is 16.0. The summed E-state index contributed by atoms with van der Waals surface area (Å²) in [6, 6.07) is 10.3. The third kappa shape index (κ3) is 2.40. The van der Waals surface area contributed by atoms with Crippen LogP contribution in [0.5, 0.6) is 17.2 Å². The molecule has 29 heavy (non-hydrogen) atoms. The van der Waals surface area contributed by atoms with E-state index in [9.17, 15) is 4.79 Å². The number of hydrogen-bond acceptors (Lipinski definition) is 6. The van der Waals surface area contributed by atoms with Gasteiger partial charge in [0.25, 0.3) is 5.79 Å². The minimum absolute atomic E-state index is 0.141. The van der Waals surface area contributed by atoms with Gasteiger partial charge in [-0.1, -0.05) is 17.7 Å². The van der Waals surface area contributed by atoms with Gasteiger partial charge in [-0.15, -0.1) is 0 Å². The van der Waals surface area contributed by atoms with Crippen molar-refractivity contribution >= 4 is 17.4 Å². The first-order chi connectivity index (χ1) is 14.0. The second-order valence-electron chi connectivity index (χ2n) is 7.07. The summed E-state index contributed by atoms with van der Waals surface area (Å²) in [5, 5.41) is 0.447. The number of halogens is 1. The zero-order chi connectivity index (χ0) is 20.2. The Hall–Kier alpha value is -2.54. The number of ketones is 1. The van der Waals surface area contributed by atoms with Crippen molar-refractivity contribution in [2.75, 3.05) is 20.0 Å². The molecule has 5 rings (SSSR count). The first-order valence-corrected chi connectivity index (χ1v) is 9.78. The first-order valence-electron chi connectivity index (χ1n) is 9.40. The van der Waals surface area contributed by atoms with Crippen molar-refractivity contribution in [1.29, 1.82) is 0 Å². The largest absolute Gasteiger partial charge is 0.454 e. The lowest BCUT2D eigenvalue weighted by Crippen LogP contribution is -2.65. The van der Waals surface area contributed by atoms with Crippen molar-refractivity contribution in [3.8, 4) is 17.2 Å². The van der Waals surface area contributed by atoms with Gasteiger partial charge in [0.05, 0.1) is 12.2 Å². The van der Waals surface area contributed by atoms with Gasteiger partial charge < -0.3 is 23.7 Å². The minimum Gasteiger partial charge on any atom is -0.454 e. The fourth-order valence-corrected chi connectivity index (χ4v) is 4.44. The molecule has 0 saturated heterocycles. The summed E-state index contributed by atoms with van der Waals surface area (Å²) in [5.74, 6) is -0.201. The van der Waals surface area contributed by atoms with Gasteiger partial charge in [0, 0.05) is 17.2 Å². The van der Waals surface area contributed by atoms with Gasteiger partial charge in [-0.25, -0.2) is 0 Å². The van der Waals surface area contributed by atoms with Crippen molar-refractivity contribution in [2.45, 2.75) is 25.2 Å². The molecule has 0 fully saturated rings. The standard InChI is InChI=1S/C22H19ClO6/c1-3-27-22(14-4-6-18-19(10-14)26-12-25-18)21(13(2)8-9-28-21)20(24)16-11-15(23)5-7-17(16)29-22/h4-8,10-11H,3,9,12H2,1-2H3. The van der Waals surface area contributed by atoms with Crippen LogP contribution in [-0.4, -0.2) is 31.4 Å². The number of ether oxygens (including phenoxy) is 5. The maximum absolute atomic E-state index is 13.9. The quantitative estimate of drug-likeness (QED) is 0.700. The highest BCUT2D eigenvalue weighted by atomic mass is 35.5. The van der Waals surface area contributed by atoms with E-state index < -0.39 is 11.4 Å². The van der Waals surface area contributed by atoms with E-state index >= 15 is 0 Å². The Kier molecular flexibility index (Phi) is 4.13. The molecule has 0 radical (unpaired) electrons. The van der Waals surface area contributed by atoms with E-state index in [2.05, 4.69) is 0 Å². The van der Waals surface area contributed by atoms with Crippen molar-refractivity contribution in [1.82, 2.24) is 0 Å². The van der Waals surface area contributed by atoms with E-state index in [1.165, 1.54) is 0 Å². The van der Waals surface area contributed by atoms with Crippen LogP contribution in [-0.2, 0) is 15.3 Å². The lowest BCUT2D eigenvalue weighted by atomic mass is 9.74. The molecule has 0 N–H and O–H groups in total. The van der Waals surface area contributed by atoms with Crippen LogP contribution in [0.4, 0.5) is 0 Å². The van der Waals surface area contributed by atoms with E-state index in [4.69, 9.17) is 35.3 Å². The summed E-state index contributed by atoms with van der Waals surface area (Å²) in [6.45, 7) is 4.41. The molecule has 7 heteroatoms. The highest BCUT2D eigenvalue weighted by Gasteiger charge is 2.67. The molecular formula is C22H19ClO6. The molecule has 0 saturated carbocycles. The molecule has 2 unspecified atom stereocenters. The Balaban J connectivity index is 1.79. The highest BCUT2D eigenvalue weighted by molar-refractivity contribution is 6.31. The summed E-state index contributed by atoms with van der Waals surface area (Å²) in [4.78, 5) is 13.9. The molecule has 0 aliphatic carbocycles. The third-order valence-electron chi connectivity index (χ3n) is 5.57. The summed E-state index contributed by atoms with van der Waals surface area (Å²) in [7, 11) is 0. The van der Waals surface area contributed by atoms with Crippen molar-refractivity contribution in [2.24, 2.45) is 0 Å². The van der Waals surface area contributed by atoms with Gasteiger partial charge in [0.2, 0.25) is 18.2 Å². The monoisotopic (exact) mass is 414 g/mol. The Morgan fingerprint density at radius 1 is 1.10 bits per heavy atom. The van der Waals surface area contributed by atoms with E-state index in [1.807, 2.05) is 26.0 Å². The van der Waals surface area contributed by atoms with Gasteiger partial charge in [0.1, 0.15) is 5.75 Å². The number of hydrogen-bond donors (Lipinski definition) is 0. The van der Waals surface area contributed by atoms with Crippen LogP contribution < -0.4 is 14.2 Å². The smallest absolute Gasteiger partial charge is 0.278 e. The van der Waals surface area contributed by atoms with Crippen molar-refractivity contribution < 1.29 is 28.5 Å². The zero-order valence-corrected chi connectivity index (χ0v) is 16.7. The molecule has 0 amide bonds. The number of fused-ring (bicyclic) bond motifs is 2. The molecule has 150 valence electrons. The molecule has 0 bridgehead atoms.